The van der Waals surface area contributed by atoms with Gasteiger partial charge in [0.15, 0.2) is 6.61 Å². The van der Waals surface area contributed by atoms with Gasteiger partial charge in [-0.3, -0.25) is 9.59 Å². The molecule has 0 saturated carbocycles. The van der Waals surface area contributed by atoms with Crippen LogP contribution in [0.5, 0.6) is 0 Å². The number of nitrogens with one attached hydrogen (secondary N) is 1. The van der Waals surface area contributed by atoms with Crippen molar-refractivity contribution in [2.24, 2.45) is 0 Å². The molecule has 25 heavy (non-hydrogen) atoms. The number of rotatable bonds is 6. The molecular weight excluding hydrogens is 365 g/mol. The molecule has 2 aromatic heterocycles. The molecule has 0 aliphatic rings. The average molecular weight is 377 g/mol. The standard InChI is InChI=1S/C16H12FN3O3S2/c17-11-3-1-2-4-12(11)20-13(21)7-23-14(22)8-25-16-10-5-6-24-15(10)18-9-19-16/h1-6,9H,7-8H2,(H,20,21). The highest BCUT2D eigenvalue weighted by atomic mass is 32.2. The number of anilines is 1. The fourth-order valence-corrected chi connectivity index (χ4v) is 3.52. The molecule has 1 aromatic carbocycles. The molecule has 3 aromatic rings. The number of esters is 1. The van der Waals surface area contributed by atoms with E-state index in [-0.39, 0.29) is 11.4 Å². The predicted molar refractivity (Wildman–Crippen MR) is 94.1 cm³/mol. The summed E-state index contributed by atoms with van der Waals surface area (Å²) in [5.74, 6) is -1.71. The number of benzene rings is 1. The molecule has 0 spiro atoms. The topological polar surface area (TPSA) is 81.2 Å². The quantitative estimate of drug-likeness (QED) is 0.404. The van der Waals surface area contributed by atoms with Crippen molar-refractivity contribution in [3.63, 3.8) is 0 Å². The van der Waals surface area contributed by atoms with Crippen molar-refractivity contribution >= 4 is 50.9 Å². The molecule has 0 atom stereocenters. The van der Waals surface area contributed by atoms with Crippen molar-refractivity contribution < 1.29 is 18.7 Å². The van der Waals surface area contributed by atoms with E-state index in [2.05, 4.69) is 15.3 Å². The predicted octanol–water partition coefficient (Wildman–Crippen LogP) is 3.10. The minimum absolute atomic E-state index is 0.00887. The highest BCUT2D eigenvalue weighted by Gasteiger charge is 2.12. The van der Waals surface area contributed by atoms with Crippen LogP contribution in [0.15, 0.2) is 47.1 Å². The molecule has 2 heterocycles. The number of ether oxygens (including phenoxy) is 1. The van der Waals surface area contributed by atoms with Gasteiger partial charge in [0.05, 0.1) is 11.4 Å². The van der Waals surface area contributed by atoms with Gasteiger partial charge in [-0.1, -0.05) is 23.9 Å². The van der Waals surface area contributed by atoms with Gasteiger partial charge in [-0.15, -0.1) is 11.3 Å². The molecule has 9 heteroatoms. The van der Waals surface area contributed by atoms with Gasteiger partial charge in [-0.25, -0.2) is 14.4 Å². The van der Waals surface area contributed by atoms with Gasteiger partial charge in [0.2, 0.25) is 0 Å². The summed E-state index contributed by atoms with van der Waals surface area (Å²) in [7, 11) is 0. The van der Waals surface area contributed by atoms with Crippen LogP contribution in [0.4, 0.5) is 10.1 Å². The van der Waals surface area contributed by atoms with E-state index in [9.17, 15) is 14.0 Å². The Kier molecular flexibility index (Phi) is 5.56. The van der Waals surface area contributed by atoms with Crippen LogP contribution in [-0.2, 0) is 14.3 Å². The van der Waals surface area contributed by atoms with E-state index in [0.717, 1.165) is 10.2 Å². The van der Waals surface area contributed by atoms with Crippen molar-refractivity contribution in [3.05, 3.63) is 47.9 Å². The Morgan fingerprint density at radius 3 is 2.92 bits per heavy atom. The molecule has 0 fully saturated rings. The number of fused-ring (bicyclic) bond motifs is 1. The minimum atomic E-state index is -0.606. The fraction of sp³-hybridized carbons (Fsp3) is 0.125. The first-order valence-electron chi connectivity index (χ1n) is 7.14. The fourth-order valence-electron chi connectivity index (χ4n) is 1.95. The highest BCUT2D eigenvalue weighted by Crippen LogP contribution is 2.27. The van der Waals surface area contributed by atoms with E-state index in [1.54, 1.807) is 6.07 Å². The van der Waals surface area contributed by atoms with Crippen LogP contribution in [0.25, 0.3) is 10.2 Å². The number of carbonyl (C=O) groups is 2. The van der Waals surface area contributed by atoms with Crippen LogP contribution in [0.2, 0.25) is 0 Å². The zero-order valence-corrected chi connectivity index (χ0v) is 14.4. The average Bonchev–Trinajstić information content (AvgIpc) is 3.09. The summed E-state index contributed by atoms with van der Waals surface area (Å²) in [6, 6.07) is 7.64. The van der Waals surface area contributed by atoms with Crippen LogP contribution in [0.3, 0.4) is 0 Å². The number of carbonyl (C=O) groups excluding carboxylic acids is 2. The normalized spacial score (nSPS) is 10.6. The van der Waals surface area contributed by atoms with Gasteiger partial charge in [0.25, 0.3) is 5.91 Å². The van der Waals surface area contributed by atoms with E-state index in [0.29, 0.717) is 5.03 Å². The molecule has 0 radical (unpaired) electrons. The lowest BCUT2D eigenvalue weighted by Crippen LogP contribution is -2.22. The molecule has 6 nitrogen and oxygen atoms in total. The first-order chi connectivity index (χ1) is 12.1. The van der Waals surface area contributed by atoms with Crippen molar-refractivity contribution in [2.45, 2.75) is 5.03 Å². The lowest BCUT2D eigenvalue weighted by molar-refractivity contribution is -0.144. The number of nitrogens with zero attached hydrogens (tertiary/aromatic N) is 2. The van der Waals surface area contributed by atoms with Crippen molar-refractivity contribution in [1.82, 2.24) is 9.97 Å². The molecule has 1 N–H and O–H groups in total. The first-order valence-corrected chi connectivity index (χ1v) is 9.01. The molecule has 0 aliphatic heterocycles. The maximum Gasteiger partial charge on any atom is 0.316 e. The van der Waals surface area contributed by atoms with Gasteiger partial charge >= 0.3 is 5.97 Å². The van der Waals surface area contributed by atoms with E-state index in [1.807, 2.05) is 11.4 Å². The van der Waals surface area contributed by atoms with E-state index < -0.39 is 24.3 Å². The number of para-hydroxylation sites is 1. The SMILES string of the molecule is O=C(COC(=O)CSc1ncnc2sccc12)Nc1ccccc1F. The van der Waals surface area contributed by atoms with Gasteiger partial charge < -0.3 is 10.1 Å². The Labute approximate surface area is 150 Å². The maximum absolute atomic E-state index is 13.4. The van der Waals surface area contributed by atoms with E-state index in [4.69, 9.17) is 4.74 Å². The van der Waals surface area contributed by atoms with Crippen LogP contribution >= 0.6 is 23.1 Å². The number of aromatic nitrogens is 2. The van der Waals surface area contributed by atoms with Gasteiger partial charge in [-0.2, -0.15) is 0 Å². The third-order valence-electron chi connectivity index (χ3n) is 3.06. The molecule has 0 unspecified atom stereocenters. The first kappa shape index (κ1) is 17.3. The van der Waals surface area contributed by atoms with Crippen LogP contribution in [0.1, 0.15) is 0 Å². The summed E-state index contributed by atoms with van der Waals surface area (Å²) in [5, 5.41) is 5.80. The van der Waals surface area contributed by atoms with E-state index >= 15 is 0 Å². The monoisotopic (exact) mass is 377 g/mol. The second-order valence-electron chi connectivity index (χ2n) is 4.80. The minimum Gasteiger partial charge on any atom is -0.455 e. The zero-order valence-electron chi connectivity index (χ0n) is 12.8. The summed E-state index contributed by atoms with van der Waals surface area (Å²) in [6.07, 6.45) is 1.44. The van der Waals surface area contributed by atoms with Crippen molar-refractivity contribution in [2.75, 3.05) is 17.7 Å². The third kappa shape index (κ3) is 4.52. The lowest BCUT2D eigenvalue weighted by atomic mass is 10.3. The maximum atomic E-state index is 13.4. The Morgan fingerprint density at radius 2 is 2.08 bits per heavy atom. The molecule has 3 rings (SSSR count). The highest BCUT2D eigenvalue weighted by molar-refractivity contribution is 8.00. The summed E-state index contributed by atoms with van der Waals surface area (Å²) >= 11 is 2.70. The summed E-state index contributed by atoms with van der Waals surface area (Å²) < 4.78 is 18.3. The number of amides is 1. The lowest BCUT2D eigenvalue weighted by Gasteiger charge is -2.07. The Bertz CT molecular complexity index is 916. The van der Waals surface area contributed by atoms with Crippen LogP contribution < -0.4 is 5.32 Å². The van der Waals surface area contributed by atoms with Crippen molar-refractivity contribution in [1.29, 1.82) is 0 Å². The smallest absolute Gasteiger partial charge is 0.316 e. The molecule has 0 saturated heterocycles. The second-order valence-corrected chi connectivity index (χ2v) is 6.65. The Morgan fingerprint density at radius 1 is 1.24 bits per heavy atom. The summed E-state index contributed by atoms with van der Waals surface area (Å²) in [4.78, 5) is 32.6. The molecule has 128 valence electrons. The third-order valence-corrected chi connectivity index (χ3v) is 4.86. The zero-order chi connectivity index (χ0) is 17.6. The summed E-state index contributed by atoms with van der Waals surface area (Å²) in [5.41, 5.74) is 0.0405. The Hall–Kier alpha value is -2.52. The Balaban J connectivity index is 1.47. The molecule has 1 amide bonds. The number of halogens is 1. The molecular formula is C16H12FN3O3S2. The number of thioether (sulfide) groups is 1. The van der Waals surface area contributed by atoms with Gasteiger partial charge in [0, 0.05) is 5.39 Å². The number of hydrogen-bond donors (Lipinski definition) is 1. The second kappa shape index (κ2) is 8.04. The van der Waals surface area contributed by atoms with Crippen LogP contribution in [-0.4, -0.2) is 34.2 Å². The van der Waals surface area contributed by atoms with Gasteiger partial charge in [0.1, 0.15) is 22.0 Å². The molecule has 0 bridgehead atoms. The van der Waals surface area contributed by atoms with Crippen molar-refractivity contribution in [3.8, 4) is 0 Å². The van der Waals surface area contributed by atoms with Gasteiger partial charge in [-0.05, 0) is 23.6 Å². The summed E-state index contributed by atoms with van der Waals surface area (Å²) in [6.45, 7) is -0.481. The molecule has 0 aliphatic carbocycles. The van der Waals surface area contributed by atoms with Crippen LogP contribution in [0, 0.1) is 5.82 Å². The number of hydrogen-bond acceptors (Lipinski definition) is 7. The number of thiophene rings is 1. The largest absolute Gasteiger partial charge is 0.455 e. The van der Waals surface area contributed by atoms with E-state index in [1.165, 1.54) is 47.6 Å².